The van der Waals surface area contributed by atoms with Gasteiger partial charge in [0, 0.05) is 24.2 Å². The Morgan fingerprint density at radius 1 is 1.19 bits per heavy atom. The number of aryl methyl sites for hydroxylation is 2. The third-order valence-corrected chi connectivity index (χ3v) is 5.72. The van der Waals surface area contributed by atoms with E-state index in [-0.39, 0.29) is 5.91 Å². The minimum Gasteiger partial charge on any atom is -0.352 e. The van der Waals surface area contributed by atoms with Crippen molar-refractivity contribution in [3.8, 4) is 0 Å². The van der Waals surface area contributed by atoms with Crippen LogP contribution in [-0.2, 0) is 16.4 Å². The highest BCUT2D eigenvalue weighted by Gasteiger charge is 2.15. The topological polar surface area (TPSA) is 66.5 Å². The van der Waals surface area contributed by atoms with E-state index in [2.05, 4.69) is 5.32 Å². The van der Waals surface area contributed by atoms with Crippen LogP contribution >= 0.6 is 11.6 Å². The monoisotopic (exact) mass is 394 g/mol. The molecule has 0 bridgehead atoms. The Hall–Kier alpha value is -2.05. The van der Waals surface area contributed by atoms with E-state index in [0.717, 1.165) is 35.2 Å². The average Bonchev–Trinajstić information content (AvgIpc) is 2.58. The van der Waals surface area contributed by atoms with Crippen molar-refractivity contribution in [2.75, 3.05) is 24.2 Å². The van der Waals surface area contributed by atoms with Gasteiger partial charge in [-0.3, -0.25) is 9.10 Å². The molecule has 0 atom stereocenters. The van der Waals surface area contributed by atoms with Crippen molar-refractivity contribution in [3.05, 3.63) is 64.2 Å². The minimum atomic E-state index is -3.34. The van der Waals surface area contributed by atoms with Gasteiger partial charge in [0.25, 0.3) is 5.91 Å². The standard InChI is InChI=1S/C19H23ClN2O3S/c1-14-13-16(10-11-18(14)22(2)26(3,24)25)19(23)21-12-6-8-15-7-4-5-9-17(15)20/h4-5,7,9-11,13H,6,8,12H2,1-3H3,(H,21,23). The van der Waals surface area contributed by atoms with Crippen molar-refractivity contribution in [2.45, 2.75) is 19.8 Å². The van der Waals surface area contributed by atoms with Crippen molar-refractivity contribution in [1.29, 1.82) is 0 Å². The Labute approximate surface area is 160 Å². The van der Waals surface area contributed by atoms with E-state index in [0.29, 0.717) is 17.8 Å². The molecule has 2 aromatic carbocycles. The largest absolute Gasteiger partial charge is 0.352 e. The van der Waals surface area contributed by atoms with Gasteiger partial charge < -0.3 is 5.32 Å². The molecule has 2 rings (SSSR count). The minimum absolute atomic E-state index is 0.180. The van der Waals surface area contributed by atoms with Gasteiger partial charge in [0.2, 0.25) is 10.0 Å². The Morgan fingerprint density at radius 3 is 2.50 bits per heavy atom. The number of hydrogen-bond acceptors (Lipinski definition) is 3. The lowest BCUT2D eigenvalue weighted by Gasteiger charge is -2.19. The normalized spacial score (nSPS) is 11.2. The highest BCUT2D eigenvalue weighted by atomic mass is 35.5. The first kappa shape index (κ1) is 20.3. The average molecular weight is 395 g/mol. The van der Waals surface area contributed by atoms with Gasteiger partial charge in [0.1, 0.15) is 0 Å². The number of carbonyl (C=O) groups is 1. The molecule has 0 aliphatic carbocycles. The zero-order chi connectivity index (χ0) is 19.3. The summed E-state index contributed by atoms with van der Waals surface area (Å²) in [7, 11) is -1.84. The molecule has 0 fully saturated rings. The summed E-state index contributed by atoms with van der Waals surface area (Å²) in [6.07, 6.45) is 2.71. The van der Waals surface area contributed by atoms with Gasteiger partial charge in [0.05, 0.1) is 11.9 Å². The molecule has 140 valence electrons. The van der Waals surface area contributed by atoms with Crippen molar-refractivity contribution in [2.24, 2.45) is 0 Å². The van der Waals surface area contributed by atoms with Gasteiger partial charge in [-0.15, -0.1) is 0 Å². The van der Waals surface area contributed by atoms with Crippen molar-refractivity contribution >= 4 is 33.2 Å². The zero-order valence-corrected chi connectivity index (χ0v) is 16.7. The molecule has 0 heterocycles. The lowest BCUT2D eigenvalue weighted by Crippen LogP contribution is -2.27. The number of carbonyl (C=O) groups excluding carboxylic acids is 1. The Kier molecular flexibility index (Phi) is 6.67. The maximum atomic E-state index is 12.3. The summed E-state index contributed by atoms with van der Waals surface area (Å²) in [5, 5.41) is 3.62. The van der Waals surface area contributed by atoms with E-state index in [4.69, 9.17) is 11.6 Å². The second kappa shape index (κ2) is 8.56. The van der Waals surface area contributed by atoms with Gasteiger partial charge in [-0.25, -0.2) is 8.42 Å². The van der Waals surface area contributed by atoms with Crippen LogP contribution in [0.5, 0.6) is 0 Å². The summed E-state index contributed by atoms with van der Waals surface area (Å²) < 4.78 is 24.5. The van der Waals surface area contributed by atoms with Gasteiger partial charge in [-0.2, -0.15) is 0 Å². The van der Waals surface area contributed by atoms with E-state index in [1.165, 1.54) is 11.4 Å². The fraction of sp³-hybridized carbons (Fsp3) is 0.316. The number of rotatable bonds is 7. The maximum absolute atomic E-state index is 12.3. The summed E-state index contributed by atoms with van der Waals surface area (Å²) in [4.78, 5) is 12.3. The quantitative estimate of drug-likeness (QED) is 0.732. The van der Waals surface area contributed by atoms with E-state index < -0.39 is 10.0 Å². The Morgan fingerprint density at radius 2 is 1.88 bits per heavy atom. The summed E-state index contributed by atoms with van der Waals surface area (Å²) in [5.74, 6) is -0.180. The molecule has 0 spiro atoms. The van der Waals surface area contributed by atoms with Crippen LogP contribution in [0.3, 0.4) is 0 Å². The third-order valence-electron chi connectivity index (χ3n) is 4.16. The lowest BCUT2D eigenvalue weighted by molar-refractivity contribution is 0.0953. The number of benzene rings is 2. The molecular formula is C19H23ClN2O3S. The Bertz CT molecular complexity index is 897. The first-order chi connectivity index (χ1) is 12.2. The molecular weight excluding hydrogens is 372 g/mol. The molecule has 26 heavy (non-hydrogen) atoms. The summed E-state index contributed by atoms with van der Waals surface area (Å²) in [6, 6.07) is 12.6. The summed E-state index contributed by atoms with van der Waals surface area (Å²) in [5.41, 5.74) is 2.85. The summed E-state index contributed by atoms with van der Waals surface area (Å²) in [6.45, 7) is 2.32. The second-order valence-corrected chi connectivity index (χ2v) is 8.60. The van der Waals surface area contributed by atoms with E-state index in [9.17, 15) is 13.2 Å². The molecule has 0 unspecified atom stereocenters. The summed E-state index contributed by atoms with van der Waals surface area (Å²) >= 11 is 6.12. The predicted molar refractivity (Wildman–Crippen MR) is 107 cm³/mol. The van der Waals surface area contributed by atoms with Crippen LogP contribution in [0.1, 0.15) is 27.9 Å². The molecule has 2 aromatic rings. The molecule has 7 heteroatoms. The molecule has 1 N–H and O–H groups in total. The third kappa shape index (κ3) is 5.22. The SMILES string of the molecule is Cc1cc(C(=O)NCCCc2ccccc2Cl)ccc1N(C)S(C)(=O)=O. The maximum Gasteiger partial charge on any atom is 0.251 e. The van der Waals surface area contributed by atoms with Crippen LogP contribution in [0.15, 0.2) is 42.5 Å². The predicted octanol–water partition coefficient (Wildman–Crippen LogP) is 3.41. The van der Waals surface area contributed by atoms with Gasteiger partial charge in [-0.05, 0) is 55.2 Å². The first-order valence-electron chi connectivity index (χ1n) is 8.26. The molecule has 0 saturated heterocycles. The smallest absolute Gasteiger partial charge is 0.251 e. The van der Waals surface area contributed by atoms with E-state index in [1.807, 2.05) is 24.3 Å². The zero-order valence-electron chi connectivity index (χ0n) is 15.1. The fourth-order valence-electron chi connectivity index (χ4n) is 2.61. The first-order valence-corrected chi connectivity index (χ1v) is 10.5. The number of hydrogen-bond donors (Lipinski definition) is 1. The number of nitrogens with one attached hydrogen (secondary N) is 1. The molecule has 0 aliphatic rings. The van der Waals surface area contributed by atoms with E-state index in [1.54, 1.807) is 25.1 Å². The highest BCUT2D eigenvalue weighted by molar-refractivity contribution is 7.92. The molecule has 5 nitrogen and oxygen atoms in total. The molecule has 0 radical (unpaired) electrons. The van der Waals surface area contributed by atoms with Crippen LogP contribution in [0.25, 0.3) is 0 Å². The van der Waals surface area contributed by atoms with Crippen LogP contribution in [0.4, 0.5) is 5.69 Å². The van der Waals surface area contributed by atoms with Gasteiger partial charge in [0.15, 0.2) is 0 Å². The lowest BCUT2D eigenvalue weighted by atomic mass is 10.1. The van der Waals surface area contributed by atoms with Crippen molar-refractivity contribution < 1.29 is 13.2 Å². The Balaban J connectivity index is 1.94. The fourth-order valence-corrected chi connectivity index (χ4v) is 3.40. The molecule has 0 aromatic heterocycles. The number of nitrogens with zero attached hydrogens (tertiary/aromatic N) is 1. The number of anilines is 1. The van der Waals surface area contributed by atoms with Gasteiger partial charge in [-0.1, -0.05) is 29.8 Å². The van der Waals surface area contributed by atoms with Crippen molar-refractivity contribution in [3.63, 3.8) is 0 Å². The van der Waals surface area contributed by atoms with Crippen LogP contribution in [0.2, 0.25) is 5.02 Å². The van der Waals surface area contributed by atoms with E-state index >= 15 is 0 Å². The second-order valence-electron chi connectivity index (χ2n) is 6.18. The van der Waals surface area contributed by atoms with Crippen LogP contribution < -0.4 is 9.62 Å². The number of amides is 1. The molecule has 0 aliphatic heterocycles. The highest BCUT2D eigenvalue weighted by Crippen LogP contribution is 2.22. The van der Waals surface area contributed by atoms with Crippen LogP contribution in [-0.4, -0.2) is 34.2 Å². The van der Waals surface area contributed by atoms with Crippen LogP contribution in [0, 0.1) is 6.92 Å². The number of sulfonamides is 1. The molecule has 0 saturated carbocycles. The number of halogens is 1. The molecule has 1 amide bonds. The van der Waals surface area contributed by atoms with Crippen molar-refractivity contribution in [1.82, 2.24) is 5.32 Å². The van der Waals surface area contributed by atoms with Gasteiger partial charge >= 0.3 is 0 Å².